The fraction of sp³-hybridized carbons (Fsp3) is 0.333. The standard InChI is InChI=1S/C36H41N3O8/c1-22(2)21-39(35(43)47-36(3,4)5)17-16-23-12-14-24(15-13-23)37-33(41)26-18-30(44-6)31(45-7)19-27(26)38-34(42)32-20-28(40)25-10-8-9-11-29(25)46-32/h8-15,18-20,22H,16-17,21H2,1-7H3,(H,37,41)(H,38,42). The van der Waals surface area contributed by atoms with Gasteiger partial charge in [0.2, 0.25) is 0 Å². The third kappa shape index (κ3) is 9.12. The molecule has 4 aromatic rings. The second-order valence-electron chi connectivity index (χ2n) is 12.4. The van der Waals surface area contributed by atoms with Gasteiger partial charge in [0, 0.05) is 30.9 Å². The van der Waals surface area contributed by atoms with Crippen LogP contribution in [0.25, 0.3) is 11.0 Å². The first-order valence-electron chi connectivity index (χ1n) is 15.3. The Kier molecular flexibility index (Phi) is 10.9. The van der Waals surface area contributed by atoms with Gasteiger partial charge in [-0.1, -0.05) is 38.1 Å². The van der Waals surface area contributed by atoms with Gasteiger partial charge in [-0.3, -0.25) is 14.4 Å². The zero-order valence-electron chi connectivity index (χ0n) is 27.8. The molecule has 0 saturated heterocycles. The summed E-state index contributed by atoms with van der Waals surface area (Å²) >= 11 is 0. The van der Waals surface area contributed by atoms with Crippen molar-refractivity contribution in [2.24, 2.45) is 5.92 Å². The van der Waals surface area contributed by atoms with Gasteiger partial charge in [-0.25, -0.2) is 4.79 Å². The number of hydrogen-bond donors (Lipinski definition) is 2. The maximum absolute atomic E-state index is 13.6. The van der Waals surface area contributed by atoms with Crippen LogP contribution in [0.5, 0.6) is 11.5 Å². The van der Waals surface area contributed by atoms with E-state index in [2.05, 4.69) is 10.6 Å². The van der Waals surface area contributed by atoms with Gasteiger partial charge in [0.1, 0.15) is 11.2 Å². The van der Waals surface area contributed by atoms with Gasteiger partial charge in [0.25, 0.3) is 11.8 Å². The molecule has 248 valence electrons. The predicted octanol–water partition coefficient (Wildman–Crippen LogP) is 6.75. The van der Waals surface area contributed by atoms with Crippen LogP contribution in [0.1, 0.15) is 61.1 Å². The number of anilines is 2. The maximum atomic E-state index is 13.6. The zero-order chi connectivity index (χ0) is 34.3. The number of rotatable bonds is 11. The number of benzene rings is 3. The minimum atomic E-state index is -0.726. The van der Waals surface area contributed by atoms with Crippen LogP contribution in [0.2, 0.25) is 0 Å². The topological polar surface area (TPSA) is 136 Å². The average molecular weight is 644 g/mol. The highest BCUT2D eigenvalue weighted by Crippen LogP contribution is 2.34. The molecule has 0 atom stereocenters. The molecule has 3 amide bonds. The van der Waals surface area contributed by atoms with E-state index in [1.807, 2.05) is 46.8 Å². The van der Waals surface area contributed by atoms with Crippen molar-refractivity contribution in [2.75, 3.05) is 37.9 Å². The molecular formula is C36H41N3O8. The lowest BCUT2D eigenvalue weighted by atomic mass is 10.1. The molecule has 4 rings (SSSR count). The molecule has 0 spiro atoms. The van der Waals surface area contributed by atoms with E-state index in [-0.39, 0.29) is 51.5 Å². The van der Waals surface area contributed by atoms with E-state index in [9.17, 15) is 19.2 Å². The predicted molar refractivity (Wildman–Crippen MR) is 181 cm³/mol. The van der Waals surface area contributed by atoms with Crippen LogP contribution in [0.15, 0.2) is 75.9 Å². The normalized spacial score (nSPS) is 11.2. The van der Waals surface area contributed by atoms with Gasteiger partial charge >= 0.3 is 6.09 Å². The molecule has 2 N–H and O–H groups in total. The van der Waals surface area contributed by atoms with E-state index < -0.39 is 17.4 Å². The van der Waals surface area contributed by atoms with E-state index in [1.165, 1.54) is 26.4 Å². The first-order valence-corrected chi connectivity index (χ1v) is 15.3. The Morgan fingerprint density at radius 3 is 2.17 bits per heavy atom. The van der Waals surface area contributed by atoms with E-state index in [1.54, 1.807) is 41.3 Å². The van der Waals surface area contributed by atoms with Crippen molar-refractivity contribution in [3.05, 3.63) is 93.8 Å². The lowest BCUT2D eigenvalue weighted by Gasteiger charge is -2.28. The van der Waals surface area contributed by atoms with Crippen molar-refractivity contribution in [1.29, 1.82) is 0 Å². The quantitative estimate of drug-likeness (QED) is 0.183. The molecule has 0 radical (unpaired) electrons. The van der Waals surface area contributed by atoms with Crippen LogP contribution < -0.4 is 25.5 Å². The maximum Gasteiger partial charge on any atom is 0.410 e. The zero-order valence-corrected chi connectivity index (χ0v) is 27.8. The Hall–Kier alpha value is -5.32. The molecule has 0 aliphatic carbocycles. The van der Waals surface area contributed by atoms with E-state index in [0.29, 0.717) is 30.6 Å². The molecule has 0 aliphatic rings. The molecule has 1 aromatic heterocycles. The first-order chi connectivity index (χ1) is 22.3. The summed E-state index contributed by atoms with van der Waals surface area (Å²) in [5.74, 6) is -0.638. The minimum Gasteiger partial charge on any atom is -0.493 e. The van der Waals surface area contributed by atoms with Gasteiger partial charge < -0.3 is 34.2 Å². The van der Waals surface area contributed by atoms with Crippen LogP contribution in [0, 0.1) is 5.92 Å². The third-order valence-corrected chi connectivity index (χ3v) is 6.99. The Morgan fingerprint density at radius 1 is 0.872 bits per heavy atom. The molecule has 47 heavy (non-hydrogen) atoms. The number of nitrogens with zero attached hydrogens (tertiary/aromatic N) is 1. The first kappa shape index (κ1) is 34.6. The Balaban J connectivity index is 1.51. The lowest BCUT2D eigenvalue weighted by Crippen LogP contribution is -2.40. The largest absolute Gasteiger partial charge is 0.493 e. The van der Waals surface area contributed by atoms with Crippen molar-refractivity contribution in [3.8, 4) is 11.5 Å². The second-order valence-corrected chi connectivity index (χ2v) is 12.4. The van der Waals surface area contributed by atoms with Crippen LogP contribution in [-0.4, -0.2) is 55.7 Å². The summed E-state index contributed by atoms with van der Waals surface area (Å²) in [5, 5.41) is 5.87. The molecule has 0 fully saturated rings. The van der Waals surface area contributed by atoms with Crippen LogP contribution >= 0.6 is 0 Å². The SMILES string of the molecule is COc1cc(NC(=O)c2cc(=O)c3ccccc3o2)c(C(=O)Nc2ccc(CCN(CC(C)C)C(=O)OC(C)(C)C)cc2)cc1OC. The van der Waals surface area contributed by atoms with E-state index in [0.717, 1.165) is 11.6 Å². The number of para-hydroxylation sites is 1. The fourth-order valence-corrected chi connectivity index (χ4v) is 4.81. The second kappa shape index (κ2) is 14.8. The number of hydrogen-bond acceptors (Lipinski definition) is 8. The van der Waals surface area contributed by atoms with Gasteiger partial charge in [-0.15, -0.1) is 0 Å². The molecule has 0 bridgehead atoms. The van der Waals surface area contributed by atoms with Crippen LogP contribution in [0.3, 0.4) is 0 Å². The summed E-state index contributed by atoms with van der Waals surface area (Å²) in [7, 11) is 2.87. The molecule has 11 nitrogen and oxygen atoms in total. The number of fused-ring (bicyclic) bond motifs is 1. The highest BCUT2D eigenvalue weighted by Gasteiger charge is 2.23. The summed E-state index contributed by atoms with van der Waals surface area (Å²) in [6, 6.07) is 17.9. The van der Waals surface area contributed by atoms with Crippen molar-refractivity contribution >= 4 is 40.3 Å². The molecule has 0 aliphatic heterocycles. The minimum absolute atomic E-state index is 0.0879. The fourth-order valence-electron chi connectivity index (χ4n) is 4.81. The van der Waals surface area contributed by atoms with E-state index in [4.69, 9.17) is 18.6 Å². The summed E-state index contributed by atoms with van der Waals surface area (Å²) in [5.41, 5.74) is 0.984. The van der Waals surface area contributed by atoms with Crippen molar-refractivity contribution in [3.63, 3.8) is 0 Å². The summed E-state index contributed by atoms with van der Waals surface area (Å²) < 4.78 is 22.1. The average Bonchev–Trinajstić information content (AvgIpc) is 3.02. The molecule has 3 aromatic carbocycles. The lowest BCUT2D eigenvalue weighted by molar-refractivity contribution is 0.0230. The number of carbonyl (C=O) groups is 3. The number of nitrogens with one attached hydrogen (secondary N) is 2. The van der Waals surface area contributed by atoms with Crippen LogP contribution in [0.4, 0.5) is 16.2 Å². The van der Waals surface area contributed by atoms with Gasteiger partial charge in [0.05, 0.1) is 30.9 Å². The molecular weight excluding hydrogens is 602 g/mol. The van der Waals surface area contributed by atoms with Crippen molar-refractivity contribution in [1.82, 2.24) is 4.90 Å². The molecule has 0 saturated carbocycles. The monoisotopic (exact) mass is 643 g/mol. The number of carbonyl (C=O) groups excluding carboxylic acids is 3. The molecule has 1 heterocycles. The van der Waals surface area contributed by atoms with Crippen molar-refractivity contribution < 1.29 is 33.0 Å². The Labute approximate surface area is 273 Å². The highest BCUT2D eigenvalue weighted by molar-refractivity contribution is 6.12. The van der Waals surface area contributed by atoms with Gasteiger partial charge in [0.15, 0.2) is 22.7 Å². The summed E-state index contributed by atoms with van der Waals surface area (Å²) in [4.78, 5) is 53.8. The van der Waals surface area contributed by atoms with Gasteiger partial charge in [-0.2, -0.15) is 0 Å². The molecule has 0 unspecified atom stereocenters. The third-order valence-electron chi connectivity index (χ3n) is 6.99. The number of amides is 3. The number of ether oxygens (including phenoxy) is 3. The molecule has 11 heteroatoms. The smallest absolute Gasteiger partial charge is 0.410 e. The highest BCUT2D eigenvalue weighted by atomic mass is 16.6. The number of methoxy groups -OCH3 is 2. The van der Waals surface area contributed by atoms with E-state index >= 15 is 0 Å². The van der Waals surface area contributed by atoms with Crippen molar-refractivity contribution in [2.45, 2.75) is 46.6 Å². The Bertz CT molecular complexity index is 1810. The summed E-state index contributed by atoms with van der Waals surface area (Å²) in [6.45, 7) is 10.7. The van der Waals surface area contributed by atoms with Gasteiger partial charge in [-0.05, 0) is 69.0 Å². The summed E-state index contributed by atoms with van der Waals surface area (Å²) in [6.07, 6.45) is 0.243. The Morgan fingerprint density at radius 2 is 1.53 bits per heavy atom. The van der Waals surface area contributed by atoms with Crippen LogP contribution in [-0.2, 0) is 11.2 Å².